The van der Waals surface area contributed by atoms with Crippen LogP contribution in [0.25, 0.3) is 22.3 Å². The third kappa shape index (κ3) is 5.44. The molecule has 200 valence electrons. The molecule has 1 amide bonds. The molecule has 0 aliphatic carbocycles. The summed E-state index contributed by atoms with van der Waals surface area (Å²) >= 11 is 0. The van der Waals surface area contributed by atoms with E-state index in [1.54, 1.807) is 24.3 Å². The number of nitrogens with one attached hydrogen (secondary N) is 1. The van der Waals surface area contributed by atoms with Gasteiger partial charge in [0.1, 0.15) is 5.75 Å². The van der Waals surface area contributed by atoms with Crippen LogP contribution in [-0.4, -0.2) is 37.2 Å². The summed E-state index contributed by atoms with van der Waals surface area (Å²) < 4.78 is 66.0. The van der Waals surface area contributed by atoms with E-state index in [-0.39, 0.29) is 23.9 Å². The molecule has 2 N–H and O–H groups in total. The molecule has 7 nitrogen and oxygen atoms in total. The second-order valence-corrected chi connectivity index (χ2v) is 10.9. The maximum absolute atomic E-state index is 13.5. The first kappa shape index (κ1) is 26.2. The lowest BCUT2D eigenvalue weighted by molar-refractivity contribution is -0.137. The number of halogens is 3. The fourth-order valence-corrected chi connectivity index (χ4v) is 5.18. The number of carbonyl (C=O) groups is 1. The van der Waals surface area contributed by atoms with Crippen molar-refractivity contribution in [2.45, 2.75) is 12.6 Å². The van der Waals surface area contributed by atoms with Crippen molar-refractivity contribution in [3.8, 4) is 28.0 Å². The summed E-state index contributed by atoms with van der Waals surface area (Å²) in [5, 5.41) is 10.0. The summed E-state index contributed by atoms with van der Waals surface area (Å²) in [5.74, 6) is -0.596. The minimum atomic E-state index is -4.50. The van der Waals surface area contributed by atoms with Gasteiger partial charge in [-0.15, -0.1) is 0 Å². The fraction of sp³-hybridized carbons (Fsp3) is 0.143. The number of pyridine rings is 1. The molecule has 3 aromatic carbocycles. The van der Waals surface area contributed by atoms with E-state index in [4.69, 9.17) is 0 Å². The Balaban J connectivity index is 1.51. The molecule has 0 bridgehead atoms. The van der Waals surface area contributed by atoms with Gasteiger partial charge in [-0.2, -0.15) is 13.2 Å². The third-order valence-electron chi connectivity index (χ3n) is 6.42. The van der Waals surface area contributed by atoms with E-state index in [0.717, 1.165) is 24.0 Å². The highest BCUT2D eigenvalue weighted by Gasteiger charge is 2.32. The van der Waals surface area contributed by atoms with Crippen molar-refractivity contribution in [3.05, 3.63) is 95.8 Å². The van der Waals surface area contributed by atoms with Crippen molar-refractivity contribution in [1.82, 2.24) is 4.98 Å². The van der Waals surface area contributed by atoms with Crippen molar-refractivity contribution < 1.29 is 31.5 Å². The summed E-state index contributed by atoms with van der Waals surface area (Å²) in [6.45, 7) is 0.280. The van der Waals surface area contributed by atoms with Gasteiger partial charge < -0.3 is 10.0 Å². The standard InChI is InChI=1S/C28H22F3N3O4S/c1-39(37,38)33-25-16-21(4-7-26(25)35)34-13-10-19-14-18(2-5-23(19)27(34)36)22-6-3-20(28(29,30)31)15-24(22)17-8-11-32-12-9-17/h2-9,11-12,14-16,33,35H,10,13H2,1H3. The number of fused-ring (bicyclic) bond motifs is 1. The Hall–Kier alpha value is -4.38. The number of anilines is 2. The second-order valence-electron chi connectivity index (χ2n) is 9.15. The summed E-state index contributed by atoms with van der Waals surface area (Å²) in [7, 11) is -3.65. The predicted molar refractivity (Wildman–Crippen MR) is 142 cm³/mol. The van der Waals surface area contributed by atoms with Gasteiger partial charge >= 0.3 is 6.18 Å². The van der Waals surface area contributed by atoms with Crippen molar-refractivity contribution in [2.24, 2.45) is 0 Å². The molecule has 5 rings (SSSR count). The molecule has 2 heterocycles. The van der Waals surface area contributed by atoms with E-state index < -0.39 is 21.8 Å². The quantitative estimate of drug-likeness (QED) is 0.308. The van der Waals surface area contributed by atoms with Crippen LogP contribution < -0.4 is 9.62 Å². The van der Waals surface area contributed by atoms with Crippen LogP contribution in [0.1, 0.15) is 21.5 Å². The number of aromatic hydroxyl groups is 1. The Kier molecular flexibility index (Phi) is 6.55. The minimum absolute atomic E-state index is 0.0464. The van der Waals surface area contributed by atoms with E-state index in [1.807, 2.05) is 6.07 Å². The molecule has 39 heavy (non-hydrogen) atoms. The van der Waals surface area contributed by atoms with Crippen LogP contribution in [0.4, 0.5) is 24.5 Å². The Morgan fingerprint density at radius 3 is 2.31 bits per heavy atom. The number of hydrogen-bond donors (Lipinski definition) is 2. The normalized spacial score (nSPS) is 13.7. The number of phenolic OH excluding ortho intramolecular Hbond substituents is 1. The molecule has 0 saturated heterocycles. The van der Waals surface area contributed by atoms with Crippen molar-refractivity contribution >= 4 is 27.3 Å². The zero-order chi connectivity index (χ0) is 27.9. The zero-order valence-corrected chi connectivity index (χ0v) is 21.3. The number of hydrogen-bond acceptors (Lipinski definition) is 5. The van der Waals surface area contributed by atoms with Gasteiger partial charge in [0.15, 0.2) is 0 Å². The van der Waals surface area contributed by atoms with Crippen LogP contribution in [0, 0.1) is 0 Å². The molecule has 1 aromatic heterocycles. The largest absolute Gasteiger partial charge is 0.506 e. The van der Waals surface area contributed by atoms with Gasteiger partial charge in [0, 0.05) is 30.2 Å². The molecule has 0 fully saturated rings. The predicted octanol–water partition coefficient (Wildman–Crippen LogP) is 5.71. The van der Waals surface area contributed by atoms with Crippen LogP contribution in [-0.2, 0) is 22.6 Å². The van der Waals surface area contributed by atoms with Gasteiger partial charge in [-0.25, -0.2) is 8.42 Å². The maximum Gasteiger partial charge on any atom is 0.416 e. The monoisotopic (exact) mass is 553 g/mol. The lowest BCUT2D eigenvalue weighted by Gasteiger charge is -2.29. The molecular formula is C28H22F3N3O4S. The summed E-state index contributed by atoms with van der Waals surface area (Å²) in [4.78, 5) is 18.8. The second kappa shape index (κ2) is 9.73. The summed E-state index contributed by atoms with van der Waals surface area (Å²) in [5.41, 5.74) is 2.98. The van der Waals surface area contributed by atoms with Gasteiger partial charge in [-0.1, -0.05) is 18.2 Å². The van der Waals surface area contributed by atoms with E-state index in [9.17, 15) is 31.5 Å². The fourth-order valence-electron chi connectivity index (χ4n) is 4.62. The first-order chi connectivity index (χ1) is 18.4. The van der Waals surface area contributed by atoms with E-state index in [1.165, 1.54) is 41.6 Å². The molecule has 11 heteroatoms. The Labute approximate surface area is 222 Å². The van der Waals surface area contributed by atoms with Crippen LogP contribution in [0.3, 0.4) is 0 Å². The molecule has 0 unspecified atom stereocenters. The molecule has 4 aromatic rings. The van der Waals surface area contributed by atoms with Crippen LogP contribution in [0.2, 0.25) is 0 Å². The zero-order valence-electron chi connectivity index (χ0n) is 20.5. The number of alkyl halides is 3. The average molecular weight is 554 g/mol. The Morgan fingerprint density at radius 1 is 0.897 bits per heavy atom. The number of aromatic nitrogens is 1. The van der Waals surface area contributed by atoms with Crippen molar-refractivity contribution in [3.63, 3.8) is 0 Å². The number of sulfonamides is 1. The van der Waals surface area contributed by atoms with E-state index >= 15 is 0 Å². The smallest absolute Gasteiger partial charge is 0.416 e. The molecule has 0 radical (unpaired) electrons. The summed E-state index contributed by atoms with van der Waals surface area (Å²) in [6, 6.07) is 16.2. The van der Waals surface area contributed by atoms with Crippen LogP contribution in [0.15, 0.2) is 79.1 Å². The Bertz CT molecular complexity index is 1690. The molecule has 1 aliphatic rings. The van der Waals surface area contributed by atoms with Crippen LogP contribution >= 0.6 is 0 Å². The SMILES string of the molecule is CS(=O)(=O)Nc1cc(N2CCc3cc(-c4ccc(C(F)(F)F)cc4-c4ccncc4)ccc3C2=O)ccc1O. The first-order valence-corrected chi connectivity index (χ1v) is 13.7. The molecular weight excluding hydrogens is 531 g/mol. The molecule has 0 atom stereocenters. The van der Waals surface area contributed by atoms with Crippen molar-refractivity contribution in [2.75, 3.05) is 22.4 Å². The maximum atomic E-state index is 13.5. The number of rotatable bonds is 5. The number of phenols is 1. The van der Waals surface area contributed by atoms with Gasteiger partial charge in [0.25, 0.3) is 5.91 Å². The highest BCUT2D eigenvalue weighted by molar-refractivity contribution is 7.92. The van der Waals surface area contributed by atoms with Crippen molar-refractivity contribution in [1.29, 1.82) is 0 Å². The topological polar surface area (TPSA) is 99.6 Å². The number of amides is 1. The lowest BCUT2D eigenvalue weighted by Crippen LogP contribution is -2.37. The van der Waals surface area contributed by atoms with Gasteiger partial charge in [0.05, 0.1) is 17.5 Å². The molecule has 0 spiro atoms. The van der Waals surface area contributed by atoms with Crippen LogP contribution in [0.5, 0.6) is 5.75 Å². The van der Waals surface area contributed by atoms with E-state index in [2.05, 4.69) is 9.71 Å². The minimum Gasteiger partial charge on any atom is -0.506 e. The number of benzene rings is 3. The number of nitrogens with zero attached hydrogens (tertiary/aromatic N) is 2. The lowest BCUT2D eigenvalue weighted by atomic mass is 9.89. The van der Waals surface area contributed by atoms with Gasteiger partial charge in [-0.3, -0.25) is 14.5 Å². The van der Waals surface area contributed by atoms with Gasteiger partial charge in [0.2, 0.25) is 10.0 Å². The Morgan fingerprint density at radius 2 is 1.62 bits per heavy atom. The summed E-state index contributed by atoms with van der Waals surface area (Å²) in [6.07, 6.45) is -0.0675. The average Bonchev–Trinajstić information content (AvgIpc) is 2.89. The van der Waals surface area contributed by atoms with Gasteiger partial charge in [-0.05, 0) is 82.8 Å². The first-order valence-electron chi connectivity index (χ1n) is 11.8. The highest BCUT2D eigenvalue weighted by atomic mass is 32.2. The van der Waals surface area contributed by atoms with E-state index in [0.29, 0.717) is 39.9 Å². The molecule has 1 aliphatic heterocycles. The highest BCUT2D eigenvalue weighted by Crippen LogP contribution is 2.39. The third-order valence-corrected chi connectivity index (χ3v) is 7.01. The number of carbonyl (C=O) groups excluding carboxylic acids is 1. The molecule has 0 saturated carbocycles.